The summed E-state index contributed by atoms with van der Waals surface area (Å²) in [6.07, 6.45) is 5.58. The average Bonchev–Trinajstić information content (AvgIpc) is 2.74. The van der Waals surface area contributed by atoms with Crippen molar-refractivity contribution in [2.45, 2.75) is 51.9 Å². The van der Waals surface area contributed by atoms with Gasteiger partial charge in [0.2, 0.25) is 0 Å². The summed E-state index contributed by atoms with van der Waals surface area (Å²) in [5, 5.41) is 14.6. The predicted octanol–water partition coefficient (Wildman–Crippen LogP) is 2.19. The second-order valence-corrected chi connectivity index (χ2v) is 7.98. The molecule has 0 atom stereocenters. The lowest BCUT2D eigenvalue weighted by Crippen LogP contribution is -2.37. The lowest BCUT2D eigenvalue weighted by atomic mass is 9.82. The highest BCUT2D eigenvalue weighted by Gasteiger charge is 2.22. The molecule has 1 aliphatic carbocycles. The van der Waals surface area contributed by atoms with Gasteiger partial charge in [-0.15, -0.1) is 0 Å². The second-order valence-electron chi connectivity index (χ2n) is 7.98. The van der Waals surface area contributed by atoms with Crippen molar-refractivity contribution in [2.75, 3.05) is 13.2 Å². The van der Waals surface area contributed by atoms with Crippen molar-refractivity contribution < 1.29 is 23.8 Å². The standard InChI is InChI=1S/C23H29NO6/c1-2-3-4-17-11-22(26)30-20-12-18(9-10-19(17)20)29-14-21(25)24-13-15-5-7-16(8-6-15)23(27)28/h9-12,15-16H,2-8,13-14H2,1H3,(H,24,25)(H,27,28)/p-1. The number of aliphatic carboxylic acids is 1. The van der Waals surface area contributed by atoms with Crippen molar-refractivity contribution in [3.63, 3.8) is 0 Å². The third-order valence-corrected chi connectivity index (χ3v) is 5.74. The fourth-order valence-corrected chi connectivity index (χ4v) is 3.93. The van der Waals surface area contributed by atoms with Crippen LogP contribution in [-0.2, 0) is 16.0 Å². The van der Waals surface area contributed by atoms with Gasteiger partial charge in [-0.3, -0.25) is 4.79 Å². The number of carbonyl (C=O) groups excluding carboxylic acids is 2. The third-order valence-electron chi connectivity index (χ3n) is 5.74. The van der Waals surface area contributed by atoms with Crippen LogP contribution in [0.5, 0.6) is 5.75 Å². The van der Waals surface area contributed by atoms with Crippen LogP contribution in [0.25, 0.3) is 11.0 Å². The molecule has 162 valence electrons. The second kappa shape index (κ2) is 10.3. The van der Waals surface area contributed by atoms with E-state index in [0.29, 0.717) is 30.7 Å². The van der Waals surface area contributed by atoms with Gasteiger partial charge in [-0.05, 0) is 68.1 Å². The molecular weight excluding hydrogens is 386 g/mol. The first-order valence-electron chi connectivity index (χ1n) is 10.6. The molecule has 1 aromatic heterocycles. The number of carbonyl (C=O) groups is 2. The average molecular weight is 414 g/mol. The smallest absolute Gasteiger partial charge is 0.336 e. The lowest BCUT2D eigenvalue weighted by molar-refractivity contribution is -0.312. The minimum absolute atomic E-state index is 0.139. The minimum Gasteiger partial charge on any atom is -0.550 e. The first kappa shape index (κ1) is 21.9. The Morgan fingerprint density at radius 3 is 2.67 bits per heavy atom. The first-order chi connectivity index (χ1) is 14.5. The Hall–Kier alpha value is -2.83. The van der Waals surface area contributed by atoms with Crippen molar-refractivity contribution >= 4 is 22.8 Å². The topological polar surface area (TPSA) is 109 Å². The van der Waals surface area contributed by atoms with Gasteiger partial charge < -0.3 is 24.4 Å². The Balaban J connectivity index is 1.51. The molecule has 3 rings (SSSR count). The number of aryl methyl sites for hydroxylation is 1. The van der Waals surface area contributed by atoms with Crippen molar-refractivity contribution in [1.82, 2.24) is 5.32 Å². The van der Waals surface area contributed by atoms with E-state index in [2.05, 4.69) is 12.2 Å². The Morgan fingerprint density at radius 1 is 1.20 bits per heavy atom. The van der Waals surface area contributed by atoms with Crippen LogP contribution in [0.4, 0.5) is 0 Å². The first-order valence-corrected chi connectivity index (χ1v) is 10.6. The number of benzene rings is 1. The Morgan fingerprint density at radius 2 is 1.97 bits per heavy atom. The summed E-state index contributed by atoms with van der Waals surface area (Å²) >= 11 is 0. The summed E-state index contributed by atoms with van der Waals surface area (Å²) in [4.78, 5) is 34.8. The molecule has 0 spiro atoms. The molecule has 1 amide bonds. The summed E-state index contributed by atoms with van der Waals surface area (Å²) in [6, 6.07) is 6.80. The number of ether oxygens (including phenoxy) is 1. The maximum absolute atomic E-state index is 12.1. The number of unbranched alkanes of at least 4 members (excludes halogenated alkanes) is 1. The largest absolute Gasteiger partial charge is 0.550 e. The van der Waals surface area contributed by atoms with Crippen LogP contribution < -0.4 is 20.8 Å². The number of carboxylic acid groups (broad SMARTS) is 1. The molecule has 0 saturated heterocycles. The summed E-state index contributed by atoms with van der Waals surface area (Å²) < 4.78 is 10.9. The van der Waals surface area contributed by atoms with Gasteiger partial charge in [-0.2, -0.15) is 0 Å². The summed E-state index contributed by atoms with van der Waals surface area (Å²) in [6.45, 7) is 2.47. The van der Waals surface area contributed by atoms with E-state index in [1.165, 1.54) is 6.07 Å². The van der Waals surface area contributed by atoms with Crippen LogP contribution in [0.1, 0.15) is 51.0 Å². The zero-order valence-electron chi connectivity index (χ0n) is 17.3. The van der Waals surface area contributed by atoms with Crippen LogP contribution in [0.2, 0.25) is 0 Å². The highest BCUT2D eigenvalue weighted by atomic mass is 16.5. The monoisotopic (exact) mass is 414 g/mol. The molecule has 30 heavy (non-hydrogen) atoms. The van der Waals surface area contributed by atoms with Crippen LogP contribution in [0, 0.1) is 11.8 Å². The summed E-state index contributed by atoms with van der Waals surface area (Å²) in [5.74, 6) is -0.843. The highest BCUT2D eigenvalue weighted by molar-refractivity contribution is 5.82. The molecule has 0 bridgehead atoms. The molecule has 0 aliphatic heterocycles. The zero-order chi connectivity index (χ0) is 21.5. The molecule has 1 aliphatic rings. The molecule has 1 heterocycles. The van der Waals surface area contributed by atoms with Gasteiger partial charge >= 0.3 is 5.63 Å². The molecule has 2 aromatic rings. The number of hydrogen-bond donors (Lipinski definition) is 1. The van der Waals surface area contributed by atoms with Gasteiger partial charge in [-0.1, -0.05) is 13.3 Å². The predicted molar refractivity (Wildman–Crippen MR) is 110 cm³/mol. The van der Waals surface area contributed by atoms with Gasteiger partial charge in [0, 0.05) is 30.0 Å². The number of carboxylic acids is 1. The van der Waals surface area contributed by atoms with Crippen molar-refractivity contribution in [3.05, 3.63) is 40.2 Å². The fraction of sp³-hybridized carbons (Fsp3) is 0.522. The van der Waals surface area contributed by atoms with Gasteiger partial charge in [0.1, 0.15) is 11.3 Å². The van der Waals surface area contributed by atoms with Crippen LogP contribution >= 0.6 is 0 Å². The molecule has 1 saturated carbocycles. The molecule has 1 fully saturated rings. The molecule has 0 unspecified atom stereocenters. The number of hydrogen-bond acceptors (Lipinski definition) is 6. The number of amides is 1. The van der Waals surface area contributed by atoms with Crippen molar-refractivity contribution in [3.8, 4) is 5.75 Å². The van der Waals surface area contributed by atoms with Crippen molar-refractivity contribution in [2.24, 2.45) is 11.8 Å². The van der Waals surface area contributed by atoms with Crippen LogP contribution in [0.15, 0.2) is 33.5 Å². The summed E-state index contributed by atoms with van der Waals surface area (Å²) in [7, 11) is 0. The number of rotatable bonds is 9. The van der Waals surface area contributed by atoms with Crippen LogP contribution in [0.3, 0.4) is 0 Å². The van der Waals surface area contributed by atoms with Gasteiger partial charge in [0.05, 0.1) is 0 Å². The minimum atomic E-state index is -0.977. The molecule has 0 radical (unpaired) electrons. The third kappa shape index (κ3) is 5.84. The Labute approximate surface area is 175 Å². The molecule has 1 aromatic carbocycles. The number of fused-ring (bicyclic) bond motifs is 1. The van der Waals surface area contributed by atoms with E-state index < -0.39 is 11.6 Å². The molecule has 7 nitrogen and oxygen atoms in total. The summed E-state index contributed by atoms with van der Waals surface area (Å²) in [5.41, 5.74) is 1.02. The molecular formula is C23H28NO6-. The van der Waals surface area contributed by atoms with E-state index in [9.17, 15) is 19.5 Å². The van der Waals surface area contributed by atoms with E-state index in [1.54, 1.807) is 12.1 Å². The van der Waals surface area contributed by atoms with Gasteiger partial charge in [0.15, 0.2) is 6.61 Å². The maximum atomic E-state index is 12.1. The van der Waals surface area contributed by atoms with E-state index in [1.807, 2.05) is 6.07 Å². The lowest BCUT2D eigenvalue weighted by Gasteiger charge is -2.29. The quantitative estimate of drug-likeness (QED) is 0.630. The molecule has 7 heteroatoms. The normalized spacial score (nSPS) is 18.8. The van der Waals surface area contributed by atoms with Crippen molar-refractivity contribution in [1.29, 1.82) is 0 Å². The zero-order valence-corrected chi connectivity index (χ0v) is 17.3. The van der Waals surface area contributed by atoms with E-state index in [-0.39, 0.29) is 24.3 Å². The van der Waals surface area contributed by atoms with Gasteiger partial charge in [-0.25, -0.2) is 4.79 Å². The number of nitrogens with one attached hydrogen (secondary N) is 1. The molecule has 1 N–H and O–H groups in total. The van der Waals surface area contributed by atoms with E-state index >= 15 is 0 Å². The SMILES string of the molecule is CCCCc1cc(=O)oc2cc(OCC(=O)NCC3CCC(C(=O)[O-])CC3)ccc12. The Bertz CT molecular complexity index is 942. The Kier molecular flexibility index (Phi) is 7.49. The highest BCUT2D eigenvalue weighted by Crippen LogP contribution is 2.28. The van der Waals surface area contributed by atoms with E-state index in [0.717, 1.165) is 43.1 Å². The maximum Gasteiger partial charge on any atom is 0.336 e. The van der Waals surface area contributed by atoms with Gasteiger partial charge in [0.25, 0.3) is 5.91 Å². The van der Waals surface area contributed by atoms with E-state index in [4.69, 9.17) is 9.15 Å². The van der Waals surface area contributed by atoms with Crippen LogP contribution in [-0.4, -0.2) is 25.0 Å². The fourth-order valence-electron chi connectivity index (χ4n) is 3.93.